The average Bonchev–Trinajstić information content (AvgIpc) is 3.26. The van der Waals surface area contributed by atoms with Gasteiger partial charge in [-0.25, -0.2) is 0 Å². The lowest BCUT2D eigenvalue weighted by molar-refractivity contribution is -0.137. The SMILES string of the molecule is Cc1ccc(N2CCCC2)c(C(=O)N(C)C[C@H](O)COc2ccc(C(F)(F)F)cc2)c1. The van der Waals surface area contributed by atoms with E-state index in [4.69, 9.17) is 4.74 Å². The van der Waals surface area contributed by atoms with Gasteiger partial charge >= 0.3 is 6.18 Å². The Morgan fingerprint density at radius 1 is 1.16 bits per heavy atom. The monoisotopic (exact) mass is 436 g/mol. The third-order valence-corrected chi connectivity index (χ3v) is 5.28. The number of likely N-dealkylation sites (N-methyl/N-ethyl adjacent to an activating group) is 1. The first-order valence-corrected chi connectivity index (χ1v) is 10.2. The molecule has 0 spiro atoms. The van der Waals surface area contributed by atoms with Crippen molar-refractivity contribution >= 4 is 11.6 Å². The molecule has 0 aromatic heterocycles. The van der Waals surface area contributed by atoms with E-state index in [1.165, 1.54) is 17.0 Å². The van der Waals surface area contributed by atoms with Gasteiger partial charge in [-0.1, -0.05) is 11.6 Å². The molecule has 0 unspecified atom stereocenters. The molecule has 0 saturated carbocycles. The second-order valence-electron chi connectivity index (χ2n) is 7.89. The quantitative estimate of drug-likeness (QED) is 0.709. The Morgan fingerprint density at radius 3 is 2.42 bits per heavy atom. The number of alkyl halides is 3. The van der Waals surface area contributed by atoms with Crippen molar-refractivity contribution in [2.75, 3.05) is 38.2 Å². The van der Waals surface area contributed by atoms with Gasteiger partial charge in [0.15, 0.2) is 0 Å². The number of amides is 1. The highest BCUT2D eigenvalue weighted by atomic mass is 19.4. The molecule has 5 nitrogen and oxygen atoms in total. The second kappa shape index (κ2) is 9.60. The van der Waals surface area contributed by atoms with Crippen molar-refractivity contribution in [3.05, 3.63) is 59.2 Å². The molecule has 0 bridgehead atoms. The molecule has 1 amide bonds. The van der Waals surface area contributed by atoms with Gasteiger partial charge in [0.2, 0.25) is 0 Å². The molecule has 1 aliphatic heterocycles. The van der Waals surface area contributed by atoms with E-state index in [0.717, 1.165) is 49.3 Å². The molecule has 1 saturated heterocycles. The van der Waals surface area contributed by atoms with Crippen molar-refractivity contribution < 1.29 is 27.8 Å². The summed E-state index contributed by atoms with van der Waals surface area (Å²) in [6.07, 6.45) is -3.21. The molecule has 2 aromatic carbocycles. The summed E-state index contributed by atoms with van der Waals surface area (Å²) in [5.74, 6) is 0.0233. The van der Waals surface area contributed by atoms with Crippen LogP contribution < -0.4 is 9.64 Å². The lowest BCUT2D eigenvalue weighted by Crippen LogP contribution is -2.37. The summed E-state index contributed by atoms with van der Waals surface area (Å²) in [5, 5.41) is 10.3. The Balaban J connectivity index is 1.59. The maximum absolute atomic E-state index is 13.1. The van der Waals surface area contributed by atoms with Crippen molar-refractivity contribution in [3.8, 4) is 5.75 Å². The standard InChI is InChI=1S/C23H27F3N2O3/c1-16-5-10-21(28-11-3-4-12-28)20(13-16)22(30)27(2)14-18(29)15-31-19-8-6-17(7-9-19)23(24,25)26/h5-10,13,18,29H,3-4,11-12,14-15H2,1-2H3/t18-/m0/s1. The number of halogens is 3. The highest BCUT2D eigenvalue weighted by Gasteiger charge is 2.30. The molecule has 3 rings (SSSR count). The number of ether oxygens (including phenoxy) is 1. The fourth-order valence-electron chi connectivity index (χ4n) is 3.64. The number of aliphatic hydroxyl groups is 1. The van der Waals surface area contributed by atoms with Gasteiger partial charge in [0.25, 0.3) is 5.91 Å². The van der Waals surface area contributed by atoms with Crippen LogP contribution in [0, 0.1) is 6.92 Å². The molecule has 1 atom stereocenters. The zero-order valence-electron chi connectivity index (χ0n) is 17.7. The Bertz CT molecular complexity index is 894. The molecule has 31 heavy (non-hydrogen) atoms. The molecule has 1 aliphatic rings. The molecular formula is C23H27F3N2O3. The fourth-order valence-corrected chi connectivity index (χ4v) is 3.64. The highest BCUT2D eigenvalue weighted by Crippen LogP contribution is 2.30. The molecule has 168 valence electrons. The smallest absolute Gasteiger partial charge is 0.416 e. The molecule has 0 radical (unpaired) electrons. The van der Waals surface area contributed by atoms with Crippen LogP contribution in [-0.4, -0.2) is 55.3 Å². The third-order valence-electron chi connectivity index (χ3n) is 5.28. The van der Waals surface area contributed by atoms with Crippen molar-refractivity contribution in [1.82, 2.24) is 4.90 Å². The first kappa shape index (κ1) is 22.9. The number of aryl methyl sites for hydroxylation is 1. The van der Waals surface area contributed by atoms with Crippen molar-refractivity contribution in [2.24, 2.45) is 0 Å². The zero-order chi connectivity index (χ0) is 22.6. The number of rotatable bonds is 7. The molecule has 1 N–H and O–H groups in total. The molecular weight excluding hydrogens is 409 g/mol. The summed E-state index contributed by atoms with van der Waals surface area (Å²) in [6, 6.07) is 10.1. The van der Waals surface area contributed by atoms with Gasteiger partial charge in [0, 0.05) is 32.4 Å². The predicted octanol–water partition coefficient (Wildman–Crippen LogP) is 4.13. The first-order chi connectivity index (χ1) is 14.6. The van der Waals surface area contributed by atoms with E-state index in [2.05, 4.69) is 4.90 Å². The summed E-state index contributed by atoms with van der Waals surface area (Å²) in [4.78, 5) is 16.7. The second-order valence-corrected chi connectivity index (χ2v) is 7.89. The van der Waals surface area contributed by atoms with Crippen LogP contribution in [0.1, 0.15) is 34.3 Å². The predicted molar refractivity (Wildman–Crippen MR) is 113 cm³/mol. The third kappa shape index (κ3) is 5.91. The topological polar surface area (TPSA) is 53.0 Å². The average molecular weight is 436 g/mol. The summed E-state index contributed by atoms with van der Waals surface area (Å²) in [7, 11) is 1.61. The molecule has 1 fully saturated rings. The van der Waals surface area contributed by atoms with Crippen LogP contribution in [0.2, 0.25) is 0 Å². The van der Waals surface area contributed by atoms with E-state index in [-0.39, 0.29) is 24.8 Å². The number of anilines is 1. The Kier molecular flexibility index (Phi) is 7.10. The minimum atomic E-state index is -4.41. The number of carbonyl (C=O) groups is 1. The number of nitrogens with zero attached hydrogens (tertiary/aromatic N) is 2. The van der Waals surface area contributed by atoms with Crippen molar-refractivity contribution in [3.63, 3.8) is 0 Å². The number of carbonyl (C=O) groups excluding carboxylic acids is 1. The normalized spacial score (nSPS) is 15.1. The van der Waals surface area contributed by atoms with Crippen molar-refractivity contribution in [1.29, 1.82) is 0 Å². The van der Waals surface area contributed by atoms with E-state index >= 15 is 0 Å². The van der Waals surface area contributed by atoms with Crippen molar-refractivity contribution in [2.45, 2.75) is 32.0 Å². The minimum absolute atomic E-state index is 0.0346. The molecule has 2 aromatic rings. The van der Waals surface area contributed by atoms with Gasteiger partial charge in [-0.2, -0.15) is 13.2 Å². The van der Waals surface area contributed by atoms with Crippen LogP contribution in [0.3, 0.4) is 0 Å². The van der Waals surface area contributed by atoms with Crippen LogP contribution in [0.5, 0.6) is 5.75 Å². The van der Waals surface area contributed by atoms with Crippen LogP contribution >= 0.6 is 0 Å². The van der Waals surface area contributed by atoms with E-state index in [1.807, 2.05) is 25.1 Å². The largest absolute Gasteiger partial charge is 0.491 e. The number of benzene rings is 2. The Labute approximate surface area is 180 Å². The van der Waals surface area contributed by atoms with Crippen LogP contribution in [-0.2, 0) is 6.18 Å². The maximum Gasteiger partial charge on any atom is 0.416 e. The summed E-state index contributed by atoms with van der Waals surface area (Å²) < 4.78 is 43.3. The van der Waals surface area contributed by atoms with E-state index in [1.54, 1.807) is 7.05 Å². The highest BCUT2D eigenvalue weighted by molar-refractivity contribution is 6.00. The van der Waals surface area contributed by atoms with Gasteiger partial charge < -0.3 is 19.6 Å². The molecule has 0 aliphatic carbocycles. The van der Waals surface area contributed by atoms with E-state index < -0.39 is 17.8 Å². The van der Waals surface area contributed by atoms with Gasteiger partial charge in [-0.3, -0.25) is 4.79 Å². The van der Waals surface area contributed by atoms with Crippen LogP contribution in [0.4, 0.5) is 18.9 Å². The number of hydrogen-bond donors (Lipinski definition) is 1. The summed E-state index contributed by atoms with van der Waals surface area (Å²) >= 11 is 0. The number of aliphatic hydroxyl groups excluding tert-OH is 1. The minimum Gasteiger partial charge on any atom is -0.491 e. The fraction of sp³-hybridized carbons (Fsp3) is 0.435. The zero-order valence-corrected chi connectivity index (χ0v) is 17.7. The molecule has 1 heterocycles. The van der Waals surface area contributed by atoms with Gasteiger partial charge in [-0.15, -0.1) is 0 Å². The molecule has 8 heteroatoms. The van der Waals surface area contributed by atoms with Gasteiger partial charge in [-0.05, 0) is 56.2 Å². The lowest BCUT2D eigenvalue weighted by atomic mass is 10.1. The van der Waals surface area contributed by atoms with Crippen LogP contribution in [0.15, 0.2) is 42.5 Å². The van der Waals surface area contributed by atoms with Gasteiger partial charge in [0.05, 0.1) is 11.1 Å². The maximum atomic E-state index is 13.1. The first-order valence-electron chi connectivity index (χ1n) is 10.2. The van der Waals surface area contributed by atoms with Gasteiger partial charge in [0.1, 0.15) is 18.5 Å². The summed E-state index contributed by atoms with van der Waals surface area (Å²) in [5.41, 5.74) is 1.71. The van der Waals surface area contributed by atoms with Crippen LogP contribution in [0.25, 0.3) is 0 Å². The van der Waals surface area contributed by atoms with E-state index in [9.17, 15) is 23.1 Å². The Hall–Kier alpha value is -2.74. The van der Waals surface area contributed by atoms with E-state index in [0.29, 0.717) is 5.56 Å². The Morgan fingerprint density at radius 2 is 1.81 bits per heavy atom. The summed E-state index contributed by atoms with van der Waals surface area (Å²) in [6.45, 7) is 3.65. The lowest BCUT2D eigenvalue weighted by Gasteiger charge is -2.26. The number of hydrogen-bond acceptors (Lipinski definition) is 4.